The van der Waals surface area contributed by atoms with Crippen molar-refractivity contribution in [2.75, 3.05) is 11.9 Å². The molecule has 0 aliphatic carbocycles. The van der Waals surface area contributed by atoms with Gasteiger partial charge in [-0.05, 0) is 65.2 Å². The summed E-state index contributed by atoms with van der Waals surface area (Å²) in [6.45, 7) is -0.0824. The van der Waals surface area contributed by atoms with Crippen LogP contribution in [-0.2, 0) is 11.6 Å². The summed E-state index contributed by atoms with van der Waals surface area (Å²) in [4.78, 5) is 13.4. The van der Waals surface area contributed by atoms with Crippen molar-refractivity contribution in [1.29, 1.82) is 0 Å². The molecule has 0 aromatic heterocycles. The molecule has 0 radical (unpaired) electrons. The molecule has 0 saturated heterocycles. The molecule has 5 nitrogen and oxygen atoms in total. The molecule has 0 spiro atoms. The lowest BCUT2D eigenvalue weighted by Crippen LogP contribution is -2.42. The Morgan fingerprint density at radius 1 is 0.810 bits per heavy atom. The molecule has 5 rings (SSSR count). The van der Waals surface area contributed by atoms with Crippen molar-refractivity contribution >= 4 is 29.0 Å². The Labute approximate surface area is 241 Å². The van der Waals surface area contributed by atoms with Crippen molar-refractivity contribution in [3.05, 3.63) is 130 Å². The number of benzene rings is 4. The molecule has 1 unspecified atom stereocenters. The highest BCUT2D eigenvalue weighted by Crippen LogP contribution is 2.42. The number of hydrogen-bond acceptors (Lipinski definition) is 3. The minimum Gasteiger partial charge on any atom is -0.406 e. The van der Waals surface area contributed by atoms with Crippen molar-refractivity contribution in [1.82, 2.24) is 5.01 Å². The van der Waals surface area contributed by atoms with E-state index < -0.39 is 35.3 Å². The first-order valence-electron chi connectivity index (χ1n) is 12.4. The van der Waals surface area contributed by atoms with E-state index >= 15 is 0 Å². The summed E-state index contributed by atoms with van der Waals surface area (Å²) in [6, 6.07) is 24.2. The Bertz CT molecular complexity index is 1590. The third-order valence-corrected chi connectivity index (χ3v) is 6.93. The molecule has 1 heterocycles. The average molecular weight is 604 g/mol. The molecule has 0 fully saturated rings. The predicted molar refractivity (Wildman–Crippen MR) is 146 cm³/mol. The molecule has 4 aromatic carbocycles. The van der Waals surface area contributed by atoms with Crippen LogP contribution in [0, 0.1) is 0 Å². The van der Waals surface area contributed by atoms with Crippen molar-refractivity contribution in [2.24, 2.45) is 5.10 Å². The fourth-order valence-electron chi connectivity index (χ4n) is 4.79. The number of carbonyl (C=O) groups is 1. The lowest BCUT2D eigenvalue weighted by atomic mass is 9.69. The maximum atomic E-state index is 13.4. The van der Waals surface area contributed by atoms with Gasteiger partial charge in [0.05, 0.1) is 23.2 Å². The van der Waals surface area contributed by atoms with Gasteiger partial charge in [0.2, 0.25) is 0 Å². The summed E-state index contributed by atoms with van der Waals surface area (Å²) in [6.07, 6.45) is -9.42. The summed E-state index contributed by atoms with van der Waals surface area (Å²) in [7, 11) is 0. The Morgan fingerprint density at radius 2 is 1.40 bits per heavy atom. The molecule has 1 aliphatic rings. The molecule has 1 aliphatic heterocycles. The van der Waals surface area contributed by atoms with E-state index in [0.717, 1.165) is 29.3 Å². The van der Waals surface area contributed by atoms with E-state index in [1.807, 2.05) is 12.1 Å². The topological polar surface area (TPSA) is 53.9 Å². The molecule has 2 amide bonds. The molecule has 1 N–H and O–H groups in total. The summed E-state index contributed by atoms with van der Waals surface area (Å²) >= 11 is 6.11. The van der Waals surface area contributed by atoms with Crippen LogP contribution in [0.3, 0.4) is 0 Å². The zero-order chi connectivity index (χ0) is 30.1. The molecular weight excluding hydrogens is 584 g/mol. The minimum absolute atomic E-state index is 0.0824. The highest BCUT2D eigenvalue weighted by Gasteiger charge is 2.48. The quantitative estimate of drug-likeness (QED) is 0.233. The number of urea groups is 1. The van der Waals surface area contributed by atoms with Crippen LogP contribution in [0.15, 0.2) is 108 Å². The third-order valence-electron chi connectivity index (χ3n) is 6.67. The largest absolute Gasteiger partial charge is 0.573 e. The first-order chi connectivity index (χ1) is 19.8. The number of rotatable bonds is 5. The second-order valence-corrected chi connectivity index (χ2v) is 9.80. The molecule has 12 heteroatoms. The number of hydrazone groups is 1. The molecule has 4 aromatic rings. The van der Waals surface area contributed by atoms with Crippen LogP contribution in [0.25, 0.3) is 0 Å². The van der Waals surface area contributed by atoms with Gasteiger partial charge in [-0.2, -0.15) is 18.3 Å². The van der Waals surface area contributed by atoms with E-state index in [1.165, 1.54) is 24.3 Å². The number of amides is 2. The van der Waals surface area contributed by atoms with Crippen LogP contribution in [0.1, 0.15) is 22.3 Å². The predicted octanol–water partition coefficient (Wildman–Crippen LogP) is 8.50. The maximum absolute atomic E-state index is 13.4. The van der Waals surface area contributed by atoms with Crippen molar-refractivity contribution in [3.63, 3.8) is 0 Å². The van der Waals surface area contributed by atoms with Gasteiger partial charge < -0.3 is 10.1 Å². The van der Waals surface area contributed by atoms with Crippen LogP contribution in [0.5, 0.6) is 5.75 Å². The van der Waals surface area contributed by atoms with E-state index in [-0.39, 0.29) is 12.2 Å². The van der Waals surface area contributed by atoms with Gasteiger partial charge in [-0.25, -0.2) is 9.80 Å². The van der Waals surface area contributed by atoms with Gasteiger partial charge in [-0.15, -0.1) is 13.2 Å². The number of nitrogens with one attached hydrogen (secondary N) is 1. The standard InChI is InChI=1S/C30H20ClF6N3O2/c31-23-12-6-19(7-13-23)26-28(20-4-2-1-3-5-20,21-10-16-25(17-11-21)42-30(35,36)37)18-40(39-26)27(41)38-24-14-8-22(9-15-24)29(32,33)34/h1-17H,18H2,(H,38,41). The first kappa shape index (κ1) is 29.0. The number of nitrogens with zero attached hydrogens (tertiary/aromatic N) is 2. The normalized spacial score (nSPS) is 17.1. The maximum Gasteiger partial charge on any atom is 0.573 e. The zero-order valence-electron chi connectivity index (χ0n) is 21.4. The summed E-state index contributed by atoms with van der Waals surface area (Å²) < 4.78 is 81.5. The van der Waals surface area contributed by atoms with Gasteiger partial charge in [0, 0.05) is 10.7 Å². The highest BCUT2D eigenvalue weighted by molar-refractivity contribution is 6.30. The van der Waals surface area contributed by atoms with Crippen LogP contribution in [0.2, 0.25) is 5.02 Å². The lowest BCUT2D eigenvalue weighted by molar-refractivity contribution is -0.274. The van der Waals surface area contributed by atoms with Crippen LogP contribution < -0.4 is 10.1 Å². The van der Waals surface area contributed by atoms with Crippen molar-refractivity contribution in [2.45, 2.75) is 18.0 Å². The zero-order valence-corrected chi connectivity index (χ0v) is 22.1. The van der Waals surface area contributed by atoms with Gasteiger partial charge in [-0.1, -0.05) is 66.2 Å². The van der Waals surface area contributed by atoms with Gasteiger partial charge in [-0.3, -0.25) is 0 Å². The van der Waals surface area contributed by atoms with E-state index in [9.17, 15) is 31.1 Å². The summed E-state index contributed by atoms with van der Waals surface area (Å²) in [5.41, 5.74) is 0.271. The Morgan fingerprint density at radius 3 is 1.98 bits per heavy atom. The van der Waals surface area contributed by atoms with Crippen molar-refractivity contribution < 1.29 is 35.9 Å². The Kier molecular flexibility index (Phi) is 7.63. The third kappa shape index (κ3) is 6.06. The van der Waals surface area contributed by atoms with E-state index in [1.54, 1.807) is 42.5 Å². The van der Waals surface area contributed by atoms with Gasteiger partial charge >= 0.3 is 18.6 Å². The van der Waals surface area contributed by atoms with Crippen LogP contribution in [-0.4, -0.2) is 29.7 Å². The number of halogens is 7. The molecular formula is C30H20ClF6N3O2. The monoisotopic (exact) mass is 603 g/mol. The lowest BCUT2D eigenvalue weighted by Gasteiger charge is -2.32. The smallest absolute Gasteiger partial charge is 0.406 e. The van der Waals surface area contributed by atoms with Gasteiger partial charge in [0.25, 0.3) is 0 Å². The molecule has 216 valence electrons. The molecule has 42 heavy (non-hydrogen) atoms. The Balaban J connectivity index is 1.58. The first-order valence-corrected chi connectivity index (χ1v) is 12.8. The molecule has 1 atom stereocenters. The minimum atomic E-state index is -4.88. The van der Waals surface area contributed by atoms with E-state index in [4.69, 9.17) is 11.6 Å². The van der Waals surface area contributed by atoms with Crippen molar-refractivity contribution in [3.8, 4) is 5.75 Å². The fraction of sp³-hybridized carbons (Fsp3) is 0.133. The fourth-order valence-corrected chi connectivity index (χ4v) is 4.91. The van der Waals surface area contributed by atoms with Gasteiger partial charge in [0.15, 0.2) is 0 Å². The summed E-state index contributed by atoms with van der Waals surface area (Å²) in [5, 5.41) is 8.78. The molecule has 0 saturated carbocycles. The van der Waals surface area contributed by atoms with Crippen LogP contribution in [0.4, 0.5) is 36.8 Å². The number of alkyl halides is 6. The second kappa shape index (κ2) is 11.1. The second-order valence-electron chi connectivity index (χ2n) is 9.36. The molecule has 0 bridgehead atoms. The Hall–Kier alpha value is -4.51. The van der Waals surface area contributed by atoms with Crippen LogP contribution >= 0.6 is 11.6 Å². The number of hydrogen-bond donors (Lipinski definition) is 1. The number of ether oxygens (including phenoxy) is 1. The number of carbonyl (C=O) groups excluding carboxylic acids is 1. The number of anilines is 1. The van der Waals surface area contributed by atoms with E-state index in [0.29, 0.717) is 27.4 Å². The van der Waals surface area contributed by atoms with E-state index in [2.05, 4.69) is 15.2 Å². The van der Waals surface area contributed by atoms with Gasteiger partial charge in [0.1, 0.15) is 5.75 Å². The summed E-state index contributed by atoms with van der Waals surface area (Å²) in [5.74, 6) is -0.422. The highest BCUT2D eigenvalue weighted by atomic mass is 35.5. The SMILES string of the molecule is O=C(Nc1ccc(C(F)(F)F)cc1)N1CC(c2ccccc2)(c2ccc(OC(F)(F)F)cc2)C(c2ccc(Cl)cc2)=N1. The average Bonchev–Trinajstić information content (AvgIpc) is 3.35.